The van der Waals surface area contributed by atoms with Crippen LogP contribution < -0.4 is 5.32 Å². The van der Waals surface area contributed by atoms with E-state index in [-0.39, 0.29) is 17.9 Å². The van der Waals surface area contributed by atoms with Gasteiger partial charge in [0.05, 0.1) is 12.0 Å². The maximum Gasteiger partial charge on any atom is 0.228 e. The van der Waals surface area contributed by atoms with Gasteiger partial charge in [0.15, 0.2) is 0 Å². The summed E-state index contributed by atoms with van der Waals surface area (Å²) in [6.45, 7) is 3.30. The van der Waals surface area contributed by atoms with Gasteiger partial charge in [0.25, 0.3) is 0 Å². The van der Waals surface area contributed by atoms with Crippen molar-refractivity contribution in [2.75, 3.05) is 33.3 Å². The highest BCUT2D eigenvalue weighted by atomic mass is 16.5. The topological polar surface area (TPSA) is 41.6 Å². The number of amides is 1. The molecule has 2 fully saturated rings. The van der Waals surface area contributed by atoms with Gasteiger partial charge in [-0.15, -0.1) is 0 Å². The van der Waals surface area contributed by atoms with E-state index >= 15 is 0 Å². The lowest BCUT2D eigenvalue weighted by Crippen LogP contribution is -2.52. The molecule has 1 amide bonds. The first-order valence-electron chi connectivity index (χ1n) is 5.34. The van der Waals surface area contributed by atoms with Gasteiger partial charge in [-0.1, -0.05) is 0 Å². The fourth-order valence-electron chi connectivity index (χ4n) is 1.96. The van der Waals surface area contributed by atoms with E-state index in [0.29, 0.717) is 0 Å². The van der Waals surface area contributed by atoms with Crippen molar-refractivity contribution in [3.8, 4) is 0 Å². The minimum absolute atomic E-state index is 0.210. The maximum absolute atomic E-state index is 11.7. The van der Waals surface area contributed by atoms with E-state index in [9.17, 15) is 4.79 Å². The molecule has 4 heteroatoms. The second kappa shape index (κ2) is 4.28. The van der Waals surface area contributed by atoms with E-state index in [2.05, 4.69) is 5.32 Å². The van der Waals surface area contributed by atoms with E-state index in [1.54, 1.807) is 0 Å². The standard InChI is InChI=1S/C10H18N2O2/c1-12(7-9-3-2-4-14-9)10(13)8-5-11-6-8/h8-9,11H,2-7H2,1H3. The molecule has 2 rings (SSSR count). The minimum atomic E-state index is 0.210. The Morgan fingerprint density at radius 2 is 2.36 bits per heavy atom. The molecule has 0 aromatic rings. The van der Waals surface area contributed by atoms with Crippen LogP contribution in [0, 0.1) is 5.92 Å². The van der Waals surface area contributed by atoms with Crippen molar-refractivity contribution < 1.29 is 9.53 Å². The van der Waals surface area contributed by atoms with Gasteiger partial charge in [-0.25, -0.2) is 0 Å². The molecule has 0 aliphatic carbocycles. The third kappa shape index (κ3) is 2.07. The predicted octanol–water partition coefficient (Wildman–Crippen LogP) is -0.157. The number of rotatable bonds is 3. The largest absolute Gasteiger partial charge is 0.376 e. The number of carbonyl (C=O) groups excluding carboxylic acids is 1. The fraction of sp³-hybridized carbons (Fsp3) is 0.900. The number of nitrogens with one attached hydrogen (secondary N) is 1. The Labute approximate surface area is 84.6 Å². The average Bonchev–Trinajstić information content (AvgIpc) is 2.53. The molecule has 2 aliphatic heterocycles. The molecule has 1 unspecified atom stereocenters. The Bertz CT molecular complexity index is 210. The highest BCUT2D eigenvalue weighted by Crippen LogP contribution is 2.14. The summed E-state index contributed by atoms with van der Waals surface area (Å²) in [5, 5.41) is 3.11. The molecule has 80 valence electrons. The molecule has 0 aromatic carbocycles. The van der Waals surface area contributed by atoms with E-state index in [4.69, 9.17) is 4.74 Å². The molecule has 14 heavy (non-hydrogen) atoms. The second-order valence-electron chi connectivity index (χ2n) is 4.21. The zero-order chi connectivity index (χ0) is 9.97. The SMILES string of the molecule is CN(CC1CCCO1)C(=O)C1CNC1. The molecular weight excluding hydrogens is 180 g/mol. The maximum atomic E-state index is 11.7. The van der Waals surface area contributed by atoms with Crippen molar-refractivity contribution >= 4 is 5.91 Å². The molecule has 1 atom stereocenters. The highest BCUT2D eigenvalue weighted by molar-refractivity contribution is 5.79. The quantitative estimate of drug-likeness (QED) is 0.685. The van der Waals surface area contributed by atoms with Crippen LogP contribution in [0.2, 0.25) is 0 Å². The van der Waals surface area contributed by atoms with Gasteiger partial charge in [-0.05, 0) is 12.8 Å². The molecule has 2 aliphatic rings. The smallest absolute Gasteiger partial charge is 0.228 e. The zero-order valence-electron chi connectivity index (χ0n) is 8.66. The van der Waals surface area contributed by atoms with E-state index in [0.717, 1.165) is 39.1 Å². The van der Waals surface area contributed by atoms with Gasteiger partial charge < -0.3 is 15.0 Å². The van der Waals surface area contributed by atoms with Crippen molar-refractivity contribution in [3.63, 3.8) is 0 Å². The predicted molar refractivity (Wildman–Crippen MR) is 53.0 cm³/mol. The van der Waals surface area contributed by atoms with Crippen LogP contribution in [0.3, 0.4) is 0 Å². The molecule has 0 aromatic heterocycles. The second-order valence-corrected chi connectivity index (χ2v) is 4.21. The molecule has 0 radical (unpaired) electrons. The van der Waals surface area contributed by atoms with Crippen molar-refractivity contribution in [3.05, 3.63) is 0 Å². The van der Waals surface area contributed by atoms with E-state index < -0.39 is 0 Å². The number of ether oxygens (including phenoxy) is 1. The van der Waals surface area contributed by atoms with Gasteiger partial charge in [0, 0.05) is 33.3 Å². The number of likely N-dealkylation sites (N-methyl/N-ethyl adjacent to an activating group) is 1. The van der Waals surface area contributed by atoms with Gasteiger partial charge in [-0.2, -0.15) is 0 Å². The van der Waals surface area contributed by atoms with Crippen LogP contribution in [0.25, 0.3) is 0 Å². The van der Waals surface area contributed by atoms with E-state index in [1.807, 2.05) is 11.9 Å². The van der Waals surface area contributed by atoms with Gasteiger partial charge in [-0.3, -0.25) is 4.79 Å². The summed E-state index contributed by atoms with van der Waals surface area (Å²) in [5.74, 6) is 0.473. The van der Waals surface area contributed by atoms with Gasteiger partial charge in [0.2, 0.25) is 5.91 Å². The summed E-state index contributed by atoms with van der Waals surface area (Å²) >= 11 is 0. The Morgan fingerprint density at radius 1 is 1.57 bits per heavy atom. The number of carbonyl (C=O) groups is 1. The molecule has 2 saturated heterocycles. The Morgan fingerprint density at radius 3 is 2.86 bits per heavy atom. The van der Waals surface area contributed by atoms with Gasteiger partial charge >= 0.3 is 0 Å². The summed E-state index contributed by atoms with van der Waals surface area (Å²) in [7, 11) is 1.88. The third-order valence-corrected chi connectivity index (χ3v) is 3.01. The van der Waals surface area contributed by atoms with Crippen LogP contribution in [0.4, 0.5) is 0 Å². The number of hydrogen-bond acceptors (Lipinski definition) is 3. The molecule has 0 bridgehead atoms. The Balaban J connectivity index is 1.75. The summed E-state index contributed by atoms with van der Waals surface area (Å²) in [6.07, 6.45) is 2.51. The zero-order valence-corrected chi connectivity index (χ0v) is 8.66. The summed E-state index contributed by atoms with van der Waals surface area (Å²) in [5.41, 5.74) is 0. The van der Waals surface area contributed by atoms with Crippen LogP contribution in [-0.2, 0) is 9.53 Å². The first kappa shape index (κ1) is 9.93. The normalized spacial score (nSPS) is 27.4. The molecule has 1 N–H and O–H groups in total. The molecule has 2 heterocycles. The summed E-state index contributed by atoms with van der Waals surface area (Å²) in [4.78, 5) is 13.6. The van der Waals surface area contributed by atoms with Crippen LogP contribution >= 0.6 is 0 Å². The van der Waals surface area contributed by atoms with Crippen molar-refractivity contribution in [1.29, 1.82) is 0 Å². The first-order chi connectivity index (χ1) is 6.77. The summed E-state index contributed by atoms with van der Waals surface area (Å²) in [6, 6.07) is 0. The van der Waals surface area contributed by atoms with Crippen LogP contribution in [0.5, 0.6) is 0 Å². The molecule has 0 spiro atoms. The van der Waals surface area contributed by atoms with Crippen molar-refractivity contribution in [1.82, 2.24) is 10.2 Å². The average molecular weight is 198 g/mol. The number of hydrogen-bond donors (Lipinski definition) is 1. The summed E-state index contributed by atoms with van der Waals surface area (Å²) < 4.78 is 5.50. The lowest BCUT2D eigenvalue weighted by molar-refractivity contribution is -0.137. The monoisotopic (exact) mass is 198 g/mol. The van der Waals surface area contributed by atoms with Crippen LogP contribution in [-0.4, -0.2) is 50.2 Å². The fourth-order valence-corrected chi connectivity index (χ4v) is 1.96. The molecular formula is C10H18N2O2. The first-order valence-corrected chi connectivity index (χ1v) is 5.34. The van der Waals surface area contributed by atoms with Gasteiger partial charge in [0.1, 0.15) is 0 Å². The van der Waals surface area contributed by atoms with Crippen LogP contribution in [0.15, 0.2) is 0 Å². The minimum Gasteiger partial charge on any atom is -0.376 e. The highest BCUT2D eigenvalue weighted by Gasteiger charge is 2.29. The third-order valence-electron chi connectivity index (χ3n) is 3.01. The Kier molecular flexibility index (Phi) is 3.03. The van der Waals surface area contributed by atoms with Crippen LogP contribution in [0.1, 0.15) is 12.8 Å². The lowest BCUT2D eigenvalue weighted by atomic mass is 10.0. The van der Waals surface area contributed by atoms with Crippen molar-refractivity contribution in [2.45, 2.75) is 18.9 Å². The Hall–Kier alpha value is -0.610. The van der Waals surface area contributed by atoms with E-state index in [1.165, 1.54) is 0 Å². The van der Waals surface area contributed by atoms with Crippen molar-refractivity contribution in [2.24, 2.45) is 5.92 Å². The lowest BCUT2D eigenvalue weighted by Gasteiger charge is -2.31. The molecule has 4 nitrogen and oxygen atoms in total. The molecule has 0 saturated carbocycles. The number of nitrogens with zero attached hydrogens (tertiary/aromatic N) is 1.